The number of alkyl halides is 2. The second-order valence-corrected chi connectivity index (χ2v) is 5.53. The van der Waals surface area contributed by atoms with Crippen LogP contribution in [-0.2, 0) is 6.54 Å². The van der Waals surface area contributed by atoms with Gasteiger partial charge >= 0.3 is 0 Å². The summed E-state index contributed by atoms with van der Waals surface area (Å²) in [6.07, 6.45) is -1.11. The maximum absolute atomic E-state index is 13.2. The van der Waals surface area contributed by atoms with Gasteiger partial charge in [-0.2, -0.15) is 0 Å². The summed E-state index contributed by atoms with van der Waals surface area (Å²) in [5.41, 5.74) is 3.15. The van der Waals surface area contributed by atoms with Crippen LogP contribution in [0.2, 0.25) is 0 Å². The largest absolute Gasteiger partial charge is 0.467 e. The molecule has 4 nitrogen and oxygen atoms in total. The normalized spacial score (nSPS) is 11.0. The fourth-order valence-corrected chi connectivity index (χ4v) is 2.28. The highest BCUT2D eigenvalue weighted by Crippen LogP contribution is 2.26. The zero-order valence-electron chi connectivity index (χ0n) is 13.4. The van der Waals surface area contributed by atoms with E-state index in [1.165, 1.54) is 6.07 Å². The zero-order valence-corrected chi connectivity index (χ0v) is 13.4. The third kappa shape index (κ3) is 3.59. The molecule has 24 heavy (non-hydrogen) atoms. The van der Waals surface area contributed by atoms with Crippen molar-refractivity contribution >= 4 is 5.95 Å². The maximum Gasteiger partial charge on any atom is 0.280 e. The second kappa shape index (κ2) is 6.78. The first-order valence-electron chi connectivity index (χ1n) is 7.54. The first-order chi connectivity index (χ1) is 11.5. The zero-order chi connectivity index (χ0) is 17.1. The Labute approximate surface area is 138 Å². The van der Waals surface area contributed by atoms with Crippen LogP contribution in [0.5, 0.6) is 0 Å². The quantitative estimate of drug-likeness (QED) is 0.723. The lowest BCUT2D eigenvalue weighted by molar-refractivity contribution is 0.146. The molecule has 0 saturated carbocycles. The minimum Gasteiger partial charge on any atom is -0.467 e. The monoisotopic (exact) mass is 329 g/mol. The Bertz CT molecular complexity index is 832. The van der Waals surface area contributed by atoms with Crippen molar-refractivity contribution in [2.24, 2.45) is 0 Å². The molecule has 0 aliphatic rings. The second-order valence-electron chi connectivity index (χ2n) is 5.53. The molecule has 6 heteroatoms. The number of rotatable bonds is 5. The molecule has 0 saturated heterocycles. The van der Waals surface area contributed by atoms with Crippen molar-refractivity contribution in [3.63, 3.8) is 0 Å². The lowest BCUT2D eigenvalue weighted by Gasteiger charge is -2.10. The summed E-state index contributed by atoms with van der Waals surface area (Å²) in [6, 6.07) is 10.6. The molecule has 0 amide bonds. The fraction of sp³-hybridized carbons (Fsp3) is 0.222. The van der Waals surface area contributed by atoms with Crippen LogP contribution in [0, 0.1) is 13.8 Å². The number of aromatic nitrogens is 2. The van der Waals surface area contributed by atoms with E-state index >= 15 is 0 Å². The molecule has 2 heterocycles. The molecule has 0 radical (unpaired) electrons. The third-order valence-electron chi connectivity index (χ3n) is 3.77. The van der Waals surface area contributed by atoms with Crippen molar-refractivity contribution < 1.29 is 13.2 Å². The van der Waals surface area contributed by atoms with E-state index in [4.69, 9.17) is 4.42 Å². The van der Waals surface area contributed by atoms with Gasteiger partial charge in [-0.25, -0.2) is 18.7 Å². The maximum atomic E-state index is 13.2. The smallest absolute Gasteiger partial charge is 0.280 e. The summed E-state index contributed by atoms with van der Waals surface area (Å²) in [5.74, 6) is 0.825. The van der Waals surface area contributed by atoms with Gasteiger partial charge in [0.05, 0.1) is 18.5 Å². The highest BCUT2D eigenvalue weighted by molar-refractivity contribution is 5.62. The Morgan fingerprint density at radius 1 is 1.08 bits per heavy atom. The molecule has 0 atom stereocenters. The van der Waals surface area contributed by atoms with Crippen LogP contribution in [0.25, 0.3) is 11.3 Å². The Hall–Kier alpha value is -2.76. The van der Waals surface area contributed by atoms with Crippen LogP contribution in [0.1, 0.15) is 29.0 Å². The van der Waals surface area contributed by atoms with Gasteiger partial charge in [0.2, 0.25) is 5.95 Å². The van der Waals surface area contributed by atoms with Crippen molar-refractivity contribution in [1.29, 1.82) is 0 Å². The van der Waals surface area contributed by atoms with Crippen molar-refractivity contribution in [2.45, 2.75) is 26.8 Å². The molecule has 0 aliphatic carbocycles. The van der Waals surface area contributed by atoms with E-state index in [2.05, 4.69) is 15.3 Å². The number of furan rings is 1. The minimum atomic E-state index is -2.66. The Balaban J connectivity index is 1.94. The molecule has 1 aromatic carbocycles. The molecule has 1 N–H and O–H groups in total. The van der Waals surface area contributed by atoms with Crippen LogP contribution in [0.3, 0.4) is 0 Å². The van der Waals surface area contributed by atoms with Crippen molar-refractivity contribution in [2.75, 3.05) is 5.32 Å². The van der Waals surface area contributed by atoms with Crippen molar-refractivity contribution in [3.05, 3.63) is 65.2 Å². The Morgan fingerprint density at radius 3 is 2.58 bits per heavy atom. The molecular weight excluding hydrogens is 312 g/mol. The number of nitrogens with zero attached hydrogens (tertiary/aromatic N) is 2. The Morgan fingerprint density at radius 2 is 1.92 bits per heavy atom. The van der Waals surface area contributed by atoms with Gasteiger partial charge in [-0.05, 0) is 49.2 Å². The average Bonchev–Trinajstić information content (AvgIpc) is 3.08. The number of hydrogen-bond acceptors (Lipinski definition) is 4. The van der Waals surface area contributed by atoms with E-state index in [1.54, 1.807) is 18.4 Å². The molecule has 3 aromatic rings. The van der Waals surface area contributed by atoms with E-state index in [0.717, 1.165) is 16.7 Å². The fourth-order valence-electron chi connectivity index (χ4n) is 2.28. The van der Waals surface area contributed by atoms with Gasteiger partial charge in [-0.1, -0.05) is 12.1 Å². The highest BCUT2D eigenvalue weighted by atomic mass is 19.3. The number of hydrogen-bond donors (Lipinski definition) is 1. The number of anilines is 1. The van der Waals surface area contributed by atoms with E-state index in [0.29, 0.717) is 18.0 Å². The average molecular weight is 329 g/mol. The van der Waals surface area contributed by atoms with E-state index < -0.39 is 6.43 Å². The number of benzene rings is 1. The molecular formula is C18H17F2N3O. The van der Waals surface area contributed by atoms with Crippen LogP contribution in [-0.4, -0.2) is 9.97 Å². The predicted octanol–water partition coefficient (Wildman–Crippen LogP) is 4.90. The van der Waals surface area contributed by atoms with Gasteiger partial charge < -0.3 is 9.73 Å². The standard InChI is InChI=1S/C18H17F2N3O/c1-11-5-6-13(8-12(11)2)15-9-16(17(19)20)23-18(22-15)21-10-14-4-3-7-24-14/h3-9,17H,10H2,1-2H3,(H,21,22,23). The van der Waals surface area contributed by atoms with E-state index in [9.17, 15) is 8.78 Å². The predicted molar refractivity (Wildman–Crippen MR) is 87.9 cm³/mol. The SMILES string of the molecule is Cc1ccc(-c2cc(C(F)F)nc(NCc3ccco3)n2)cc1C. The molecule has 0 aliphatic heterocycles. The lowest BCUT2D eigenvalue weighted by Crippen LogP contribution is -2.06. The molecule has 3 rings (SSSR count). The van der Waals surface area contributed by atoms with Gasteiger partial charge in [0.1, 0.15) is 11.5 Å². The van der Waals surface area contributed by atoms with Gasteiger partial charge in [0.25, 0.3) is 6.43 Å². The van der Waals surface area contributed by atoms with Gasteiger partial charge in [0.15, 0.2) is 0 Å². The summed E-state index contributed by atoms with van der Waals surface area (Å²) < 4.78 is 31.5. The van der Waals surface area contributed by atoms with Crippen LogP contribution >= 0.6 is 0 Å². The third-order valence-corrected chi connectivity index (χ3v) is 3.77. The minimum absolute atomic E-state index is 0.150. The van der Waals surface area contributed by atoms with Gasteiger partial charge in [0, 0.05) is 5.56 Å². The van der Waals surface area contributed by atoms with Crippen LogP contribution in [0.4, 0.5) is 14.7 Å². The number of halogens is 2. The van der Waals surface area contributed by atoms with Crippen molar-refractivity contribution in [1.82, 2.24) is 9.97 Å². The summed E-state index contributed by atoms with van der Waals surface area (Å²) in [5, 5.41) is 2.93. The molecule has 124 valence electrons. The van der Waals surface area contributed by atoms with Crippen molar-refractivity contribution in [3.8, 4) is 11.3 Å². The summed E-state index contributed by atoms with van der Waals surface area (Å²) in [4.78, 5) is 8.24. The molecule has 0 bridgehead atoms. The van der Waals surface area contributed by atoms with Gasteiger partial charge in [-0.3, -0.25) is 0 Å². The van der Waals surface area contributed by atoms with E-state index in [1.807, 2.05) is 32.0 Å². The molecule has 0 unspecified atom stereocenters. The topological polar surface area (TPSA) is 51.0 Å². The molecule has 2 aromatic heterocycles. The number of nitrogens with one attached hydrogen (secondary N) is 1. The Kier molecular flexibility index (Phi) is 4.55. The summed E-state index contributed by atoms with van der Waals surface area (Å²) in [6.45, 7) is 4.30. The number of aryl methyl sites for hydroxylation is 2. The first kappa shape index (κ1) is 16.1. The highest BCUT2D eigenvalue weighted by Gasteiger charge is 2.14. The van der Waals surface area contributed by atoms with Crippen LogP contribution in [0.15, 0.2) is 47.1 Å². The molecule has 0 spiro atoms. The summed E-state index contributed by atoms with van der Waals surface area (Å²) in [7, 11) is 0. The first-order valence-corrected chi connectivity index (χ1v) is 7.54. The van der Waals surface area contributed by atoms with Crippen LogP contribution < -0.4 is 5.32 Å². The lowest BCUT2D eigenvalue weighted by atomic mass is 10.0. The van der Waals surface area contributed by atoms with E-state index in [-0.39, 0.29) is 11.6 Å². The molecule has 0 fully saturated rings. The summed E-state index contributed by atoms with van der Waals surface area (Å²) >= 11 is 0. The van der Waals surface area contributed by atoms with Gasteiger partial charge in [-0.15, -0.1) is 0 Å².